The van der Waals surface area contributed by atoms with E-state index >= 15 is 0 Å². The van der Waals surface area contributed by atoms with Crippen molar-refractivity contribution in [2.45, 2.75) is 12.8 Å². The van der Waals surface area contributed by atoms with Crippen LogP contribution in [0.1, 0.15) is 12.0 Å². The fourth-order valence-corrected chi connectivity index (χ4v) is 1.03. The van der Waals surface area contributed by atoms with Gasteiger partial charge in [0.1, 0.15) is 5.75 Å². The number of ether oxygens (including phenoxy) is 1. The molecular weight excluding hydrogens is 235 g/mol. The van der Waals surface area contributed by atoms with Crippen LogP contribution >= 0.6 is 0 Å². The molecule has 0 heterocycles. The van der Waals surface area contributed by atoms with E-state index in [9.17, 15) is 22.0 Å². The van der Waals surface area contributed by atoms with Crippen molar-refractivity contribution in [3.63, 3.8) is 0 Å². The molecule has 0 aliphatic carbocycles. The number of nitrogens with two attached hydrogens (primary N) is 1. The Morgan fingerprint density at radius 1 is 1.25 bits per heavy atom. The van der Waals surface area contributed by atoms with Gasteiger partial charge >= 0.3 is 6.36 Å². The van der Waals surface area contributed by atoms with Gasteiger partial charge in [-0.15, -0.1) is 13.2 Å². The number of nitrogen functional groups attached to an aromatic ring is 1. The molecule has 0 radical (unpaired) electrons. The highest BCUT2D eigenvalue weighted by atomic mass is 19.4. The standard InChI is InChI=1S/C8H7F5N2O/c9-7(10)5-3-4(15-14)1-2-6(5)16-8(11,12)13/h1-3,7,15H,14H2. The predicted molar refractivity (Wildman–Crippen MR) is 45.9 cm³/mol. The van der Waals surface area contributed by atoms with Crippen molar-refractivity contribution in [1.82, 2.24) is 0 Å². The second kappa shape index (κ2) is 4.52. The highest BCUT2D eigenvalue weighted by molar-refractivity contribution is 5.50. The number of anilines is 1. The molecule has 8 heteroatoms. The fraction of sp³-hybridized carbons (Fsp3) is 0.250. The summed E-state index contributed by atoms with van der Waals surface area (Å²) in [5, 5.41) is 0. The van der Waals surface area contributed by atoms with E-state index in [1.54, 1.807) is 0 Å². The van der Waals surface area contributed by atoms with Gasteiger partial charge in [-0.05, 0) is 18.2 Å². The Hall–Kier alpha value is -1.57. The Labute approximate surface area is 87.0 Å². The molecule has 0 aliphatic heterocycles. The lowest BCUT2D eigenvalue weighted by atomic mass is 10.2. The molecule has 3 nitrogen and oxygen atoms in total. The third kappa shape index (κ3) is 3.23. The van der Waals surface area contributed by atoms with Crippen LogP contribution in [0.3, 0.4) is 0 Å². The zero-order valence-electron chi connectivity index (χ0n) is 7.68. The molecule has 1 aromatic carbocycles. The van der Waals surface area contributed by atoms with Crippen LogP contribution in [0, 0.1) is 0 Å². The van der Waals surface area contributed by atoms with E-state index in [1.165, 1.54) is 0 Å². The van der Waals surface area contributed by atoms with Gasteiger partial charge in [-0.2, -0.15) is 0 Å². The molecular formula is C8H7F5N2O. The molecule has 16 heavy (non-hydrogen) atoms. The summed E-state index contributed by atoms with van der Waals surface area (Å²) in [5.41, 5.74) is 1.22. The number of benzene rings is 1. The van der Waals surface area contributed by atoms with Crippen LogP contribution in [0.2, 0.25) is 0 Å². The van der Waals surface area contributed by atoms with Gasteiger partial charge in [-0.25, -0.2) is 8.78 Å². The fourth-order valence-electron chi connectivity index (χ4n) is 1.03. The number of hydrogen-bond acceptors (Lipinski definition) is 3. The van der Waals surface area contributed by atoms with Crippen molar-refractivity contribution >= 4 is 5.69 Å². The minimum atomic E-state index is -5.01. The van der Waals surface area contributed by atoms with E-state index in [0.29, 0.717) is 0 Å². The summed E-state index contributed by atoms with van der Waals surface area (Å²) in [5.74, 6) is 4.00. The second-order valence-electron chi connectivity index (χ2n) is 2.75. The Balaban J connectivity index is 3.08. The maximum Gasteiger partial charge on any atom is 0.573 e. The average molecular weight is 242 g/mol. The molecule has 3 N–H and O–H groups in total. The van der Waals surface area contributed by atoms with E-state index < -0.39 is 24.1 Å². The van der Waals surface area contributed by atoms with E-state index in [4.69, 9.17) is 5.84 Å². The SMILES string of the molecule is NNc1ccc(OC(F)(F)F)c(C(F)F)c1. The molecule has 0 aromatic heterocycles. The number of hydrogen-bond donors (Lipinski definition) is 2. The molecule has 0 bridgehead atoms. The van der Waals surface area contributed by atoms with Gasteiger partial charge in [0.25, 0.3) is 6.43 Å². The molecule has 90 valence electrons. The van der Waals surface area contributed by atoms with Crippen LogP contribution in [-0.2, 0) is 0 Å². The van der Waals surface area contributed by atoms with E-state index in [1.807, 2.05) is 5.43 Å². The van der Waals surface area contributed by atoms with Crippen LogP contribution < -0.4 is 16.0 Å². The molecule has 0 saturated carbocycles. The summed E-state index contributed by atoms with van der Waals surface area (Å²) in [7, 11) is 0. The molecule has 0 fully saturated rings. The van der Waals surface area contributed by atoms with Crippen LogP contribution in [0.15, 0.2) is 18.2 Å². The third-order valence-electron chi connectivity index (χ3n) is 1.64. The summed E-state index contributed by atoms with van der Waals surface area (Å²) >= 11 is 0. The molecule has 1 aromatic rings. The predicted octanol–water partition coefficient (Wildman–Crippen LogP) is 2.81. The summed E-state index contributed by atoms with van der Waals surface area (Å²) in [4.78, 5) is 0. The second-order valence-corrected chi connectivity index (χ2v) is 2.75. The first-order chi connectivity index (χ1) is 7.33. The van der Waals surface area contributed by atoms with Gasteiger partial charge in [0.15, 0.2) is 0 Å². The van der Waals surface area contributed by atoms with Crippen LogP contribution in [0.4, 0.5) is 27.6 Å². The van der Waals surface area contributed by atoms with Crippen molar-refractivity contribution in [3.8, 4) is 5.75 Å². The van der Waals surface area contributed by atoms with Crippen LogP contribution in [0.5, 0.6) is 5.75 Å². The Kier molecular flexibility index (Phi) is 3.53. The summed E-state index contributed by atoms with van der Waals surface area (Å²) in [6.45, 7) is 0. The smallest absolute Gasteiger partial charge is 0.405 e. The van der Waals surface area contributed by atoms with Crippen LogP contribution in [-0.4, -0.2) is 6.36 Å². The van der Waals surface area contributed by atoms with Gasteiger partial charge in [-0.3, -0.25) is 5.84 Å². The number of hydrazine groups is 1. The lowest BCUT2D eigenvalue weighted by molar-refractivity contribution is -0.275. The molecule has 0 aliphatic rings. The van der Waals surface area contributed by atoms with Crippen molar-refractivity contribution < 1.29 is 26.7 Å². The average Bonchev–Trinajstić information content (AvgIpc) is 2.15. The first-order valence-corrected chi connectivity index (χ1v) is 3.98. The van der Waals surface area contributed by atoms with Gasteiger partial charge in [-0.1, -0.05) is 0 Å². The molecule has 0 atom stereocenters. The lowest BCUT2D eigenvalue weighted by Crippen LogP contribution is -2.18. The van der Waals surface area contributed by atoms with Gasteiger partial charge < -0.3 is 10.2 Å². The van der Waals surface area contributed by atoms with E-state index in [-0.39, 0.29) is 5.69 Å². The quantitative estimate of drug-likeness (QED) is 0.486. The monoisotopic (exact) mass is 242 g/mol. The molecule has 0 amide bonds. The minimum Gasteiger partial charge on any atom is -0.405 e. The van der Waals surface area contributed by atoms with Crippen molar-refractivity contribution in [2.75, 3.05) is 5.43 Å². The van der Waals surface area contributed by atoms with Crippen molar-refractivity contribution in [3.05, 3.63) is 23.8 Å². The van der Waals surface area contributed by atoms with Gasteiger partial charge in [0.05, 0.1) is 5.56 Å². The summed E-state index contributed by atoms with van der Waals surface area (Å²) in [6, 6.07) is 2.64. The third-order valence-corrected chi connectivity index (χ3v) is 1.64. The normalized spacial score (nSPS) is 11.7. The number of nitrogens with one attached hydrogen (secondary N) is 1. The maximum absolute atomic E-state index is 12.4. The molecule has 0 unspecified atom stereocenters. The summed E-state index contributed by atoms with van der Waals surface area (Å²) in [6.07, 6.45) is -8.10. The molecule has 0 saturated heterocycles. The van der Waals surface area contributed by atoms with Crippen molar-refractivity contribution in [1.29, 1.82) is 0 Å². The highest BCUT2D eigenvalue weighted by Crippen LogP contribution is 2.34. The number of halogens is 5. The number of alkyl halides is 5. The molecule has 0 spiro atoms. The lowest BCUT2D eigenvalue weighted by Gasteiger charge is -2.13. The van der Waals surface area contributed by atoms with Gasteiger partial charge in [0.2, 0.25) is 0 Å². The van der Waals surface area contributed by atoms with E-state index in [2.05, 4.69) is 4.74 Å². The Morgan fingerprint density at radius 2 is 1.88 bits per heavy atom. The van der Waals surface area contributed by atoms with Crippen LogP contribution in [0.25, 0.3) is 0 Å². The zero-order valence-corrected chi connectivity index (χ0v) is 7.68. The van der Waals surface area contributed by atoms with Gasteiger partial charge in [0, 0.05) is 5.69 Å². The maximum atomic E-state index is 12.4. The largest absolute Gasteiger partial charge is 0.573 e. The summed E-state index contributed by atoms with van der Waals surface area (Å²) < 4.78 is 63.8. The van der Waals surface area contributed by atoms with E-state index in [0.717, 1.165) is 18.2 Å². The molecule has 1 rings (SSSR count). The van der Waals surface area contributed by atoms with Crippen molar-refractivity contribution in [2.24, 2.45) is 5.84 Å². The number of rotatable bonds is 3. The highest BCUT2D eigenvalue weighted by Gasteiger charge is 2.33. The first kappa shape index (κ1) is 12.5. The first-order valence-electron chi connectivity index (χ1n) is 3.98. The Morgan fingerprint density at radius 3 is 2.31 bits per heavy atom. The zero-order chi connectivity index (χ0) is 12.3. The topological polar surface area (TPSA) is 47.3 Å². The minimum absolute atomic E-state index is 0.0600. The Bertz CT molecular complexity index is 366.